The fraction of sp³-hybridized carbons (Fsp3) is 0.231. The Morgan fingerprint density at radius 3 is 2.71 bits per heavy atom. The van der Waals surface area contributed by atoms with Gasteiger partial charge in [0.1, 0.15) is 28.9 Å². The molecule has 198 valence electrons. The monoisotopic (exact) mass is 557 g/mol. The number of benzene rings is 2. The standard InChI is InChI=1S/C26H24ClN3O7S/c1-29-12-23(25(33)28-11-16-5-7-17(27)8-6-16)24(32)22-10-21(38-26(22)29)15-36-13-19(31)14-37-20-4-2-3-18(9-20)30(34)35/h2-10,12,19,31H,11,13-15H2,1H3,(H,28,33)/t19-/m1/s1. The summed E-state index contributed by atoms with van der Waals surface area (Å²) in [5.74, 6) is -0.204. The highest BCUT2D eigenvalue weighted by Crippen LogP contribution is 2.24. The van der Waals surface area contributed by atoms with Crippen LogP contribution in [-0.4, -0.2) is 39.8 Å². The summed E-state index contributed by atoms with van der Waals surface area (Å²) in [7, 11) is 1.76. The van der Waals surface area contributed by atoms with Crippen molar-refractivity contribution in [1.82, 2.24) is 9.88 Å². The lowest BCUT2D eigenvalue weighted by atomic mass is 10.2. The second kappa shape index (κ2) is 12.2. The largest absolute Gasteiger partial charge is 0.491 e. The normalized spacial score (nSPS) is 11.9. The number of non-ortho nitro benzene ring substituents is 1. The zero-order valence-corrected chi connectivity index (χ0v) is 21.8. The van der Waals surface area contributed by atoms with Crippen LogP contribution in [0.15, 0.2) is 65.6 Å². The van der Waals surface area contributed by atoms with Crippen molar-refractivity contribution in [3.8, 4) is 5.75 Å². The topological polar surface area (TPSA) is 133 Å². The van der Waals surface area contributed by atoms with Gasteiger partial charge in [0.25, 0.3) is 11.6 Å². The molecule has 4 aromatic rings. The van der Waals surface area contributed by atoms with Crippen LogP contribution in [0.25, 0.3) is 10.2 Å². The Hall–Kier alpha value is -3.77. The Bertz CT molecular complexity index is 1520. The molecule has 0 spiro atoms. The van der Waals surface area contributed by atoms with Crippen LogP contribution >= 0.6 is 22.9 Å². The zero-order valence-electron chi connectivity index (χ0n) is 20.3. The number of amides is 1. The average Bonchev–Trinajstić information content (AvgIpc) is 3.34. The number of aromatic nitrogens is 1. The number of aliphatic hydroxyl groups excluding tert-OH is 1. The van der Waals surface area contributed by atoms with Crippen molar-refractivity contribution in [2.24, 2.45) is 7.05 Å². The Morgan fingerprint density at radius 1 is 1.21 bits per heavy atom. The molecule has 0 saturated heterocycles. The van der Waals surface area contributed by atoms with Crippen molar-refractivity contribution in [3.05, 3.63) is 102 Å². The van der Waals surface area contributed by atoms with Gasteiger partial charge in [-0.1, -0.05) is 29.8 Å². The van der Waals surface area contributed by atoms with Crippen LogP contribution in [0.2, 0.25) is 5.02 Å². The third-order valence-electron chi connectivity index (χ3n) is 5.53. The van der Waals surface area contributed by atoms with Gasteiger partial charge < -0.3 is 24.5 Å². The predicted molar refractivity (Wildman–Crippen MR) is 144 cm³/mol. The van der Waals surface area contributed by atoms with Gasteiger partial charge in [-0.3, -0.25) is 19.7 Å². The first-order valence-corrected chi connectivity index (χ1v) is 12.7. The van der Waals surface area contributed by atoms with Crippen molar-refractivity contribution in [3.63, 3.8) is 0 Å². The Morgan fingerprint density at radius 2 is 1.97 bits per heavy atom. The number of thiophene rings is 1. The first-order valence-electron chi connectivity index (χ1n) is 11.5. The van der Waals surface area contributed by atoms with Gasteiger partial charge in [-0.25, -0.2) is 0 Å². The van der Waals surface area contributed by atoms with Crippen LogP contribution in [0, 0.1) is 10.1 Å². The maximum absolute atomic E-state index is 13.0. The van der Waals surface area contributed by atoms with Crippen molar-refractivity contribution in [2.45, 2.75) is 19.3 Å². The number of carbonyl (C=O) groups is 1. The fourth-order valence-corrected chi connectivity index (χ4v) is 4.80. The van der Waals surface area contributed by atoms with E-state index in [0.29, 0.717) is 15.2 Å². The molecule has 10 nitrogen and oxygen atoms in total. The molecule has 2 heterocycles. The number of halogens is 1. The van der Waals surface area contributed by atoms with Crippen LogP contribution < -0.4 is 15.5 Å². The van der Waals surface area contributed by atoms with Crippen LogP contribution in [0.3, 0.4) is 0 Å². The lowest BCUT2D eigenvalue weighted by Crippen LogP contribution is -2.29. The second-order valence-electron chi connectivity index (χ2n) is 8.46. The second-order valence-corrected chi connectivity index (χ2v) is 10.0. The molecule has 0 aliphatic heterocycles. The van der Waals surface area contributed by atoms with E-state index in [1.54, 1.807) is 48.0 Å². The SMILES string of the molecule is Cn1cc(C(=O)NCc2ccc(Cl)cc2)c(=O)c2cc(COC[C@@H](O)COc3cccc([N+](=O)[O-])c3)sc21. The summed E-state index contributed by atoms with van der Waals surface area (Å²) >= 11 is 7.24. The number of hydrogen-bond donors (Lipinski definition) is 2. The molecule has 1 atom stereocenters. The summed E-state index contributed by atoms with van der Waals surface area (Å²) in [6, 6.07) is 14.4. The summed E-state index contributed by atoms with van der Waals surface area (Å²) in [5.41, 5.74) is 0.409. The minimum Gasteiger partial charge on any atom is -0.491 e. The van der Waals surface area contributed by atoms with Gasteiger partial charge in [0.15, 0.2) is 0 Å². The van der Waals surface area contributed by atoms with E-state index in [0.717, 1.165) is 10.4 Å². The van der Waals surface area contributed by atoms with Crippen LogP contribution in [0.5, 0.6) is 5.75 Å². The lowest BCUT2D eigenvalue weighted by Gasteiger charge is -2.12. The van der Waals surface area contributed by atoms with Crippen LogP contribution in [-0.2, 0) is 24.9 Å². The number of nitro benzene ring substituents is 1. The van der Waals surface area contributed by atoms with Crippen LogP contribution in [0.1, 0.15) is 20.8 Å². The zero-order chi connectivity index (χ0) is 27.2. The van der Waals surface area contributed by atoms with E-state index in [1.165, 1.54) is 35.7 Å². The molecule has 2 aromatic carbocycles. The number of nitrogens with zero attached hydrogens (tertiary/aromatic N) is 2. The molecule has 1 amide bonds. The first-order chi connectivity index (χ1) is 18.2. The Balaban J connectivity index is 1.34. The number of rotatable bonds is 11. The minimum atomic E-state index is -0.967. The molecular formula is C26H24ClN3O7S. The first kappa shape index (κ1) is 27.3. The van der Waals surface area contributed by atoms with Gasteiger partial charge in [-0.05, 0) is 29.8 Å². The number of fused-ring (bicyclic) bond motifs is 1. The van der Waals surface area contributed by atoms with Gasteiger partial charge in [-0.2, -0.15) is 0 Å². The molecule has 2 N–H and O–H groups in total. The Kier molecular flexibility index (Phi) is 8.74. The number of pyridine rings is 1. The molecule has 38 heavy (non-hydrogen) atoms. The fourth-order valence-electron chi connectivity index (χ4n) is 3.65. The quantitative estimate of drug-likeness (QED) is 0.210. The highest BCUT2D eigenvalue weighted by molar-refractivity contribution is 7.18. The molecule has 0 aliphatic rings. The molecule has 0 radical (unpaired) electrons. The number of nitro groups is 1. The van der Waals surface area contributed by atoms with Gasteiger partial charge >= 0.3 is 0 Å². The third kappa shape index (κ3) is 6.75. The van der Waals surface area contributed by atoms with Gasteiger partial charge in [0.2, 0.25) is 5.43 Å². The van der Waals surface area contributed by atoms with Gasteiger partial charge in [0.05, 0.1) is 29.6 Å². The van der Waals surface area contributed by atoms with Crippen LogP contribution in [0.4, 0.5) is 5.69 Å². The highest BCUT2D eigenvalue weighted by atomic mass is 35.5. The van der Waals surface area contributed by atoms with Crippen molar-refractivity contribution < 1.29 is 24.3 Å². The summed E-state index contributed by atoms with van der Waals surface area (Å²) in [6.07, 6.45) is 0.545. The lowest BCUT2D eigenvalue weighted by molar-refractivity contribution is -0.384. The van der Waals surface area contributed by atoms with Crippen molar-refractivity contribution in [2.75, 3.05) is 13.2 Å². The van der Waals surface area contributed by atoms with E-state index in [1.807, 2.05) is 0 Å². The maximum Gasteiger partial charge on any atom is 0.273 e. The summed E-state index contributed by atoms with van der Waals surface area (Å²) in [4.78, 5) is 37.5. The third-order valence-corrected chi connectivity index (χ3v) is 6.98. The van der Waals surface area contributed by atoms with Gasteiger partial charge in [-0.15, -0.1) is 11.3 Å². The van der Waals surface area contributed by atoms with Crippen molar-refractivity contribution in [1.29, 1.82) is 0 Å². The van der Waals surface area contributed by atoms with E-state index < -0.39 is 16.9 Å². The molecule has 2 aromatic heterocycles. The molecule has 0 fully saturated rings. The molecule has 4 rings (SSSR count). The van der Waals surface area contributed by atoms with E-state index in [4.69, 9.17) is 21.1 Å². The van der Waals surface area contributed by atoms with E-state index in [9.17, 15) is 24.8 Å². The number of nitrogens with one attached hydrogen (secondary N) is 1. The number of hydrogen-bond acceptors (Lipinski definition) is 8. The predicted octanol–water partition coefficient (Wildman–Crippen LogP) is 4.05. The van der Waals surface area contributed by atoms with E-state index >= 15 is 0 Å². The van der Waals surface area contributed by atoms with E-state index in [2.05, 4.69) is 5.32 Å². The Labute approximate surface area is 226 Å². The number of aliphatic hydroxyl groups is 1. The molecule has 0 aliphatic carbocycles. The summed E-state index contributed by atoms with van der Waals surface area (Å²) < 4.78 is 12.7. The number of ether oxygens (including phenoxy) is 2. The maximum atomic E-state index is 13.0. The molecule has 0 unspecified atom stereocenters. The molecular weight excluding hydrogens is 534 g/mol. The molecule has 0 saturated carbocycles. The van der Waals surface area contributed by atoms with Crippen molar-refractivity contribution >= 4 is 44.7 Å². The number of aryl methyl sites for hydroxylation is 1. The summed E-state index contributed by atoms with van der Waals surface area (Å²) in [6.45, 7) is 0.248. The van der Waals surface area contributed by atoms with E-state index in [-0.39, 0.29) is 48.8 Å². The smallest absolute Gasteiger partial charge is 0.273 e. The molecule has 0 bridgehead atoms. The molecule has 12 heteroatoms. The average molecular weight is 558 g/mol. The highest BCUT2D eigenvalue weighted by Gasteiger charge is 2.17. The summed E-state index contributed by atoms with van der Waals surface area (Å²) in [5, 5.41) is 24.8. The number of carbonyl (C=O) groups excluding carboxylic acids is 1. The van der Waals surface area contributed by atoms with Gasteiger partial charge in [0, 0.05) is 35.8 Å². The minimum absolute atomic E-state index is 0.0351.